The molecule has 0 aromatic heterocycles. The van der Waals surface area contributed by atoms with Gasteiger partial charge in [0.05, 0.1) is 22.8 Å². The Labute approximate surface area is 99.6 Å². The Morgan fingerprint density at radius 1 is 1.50 bits per heavy atom. The Morgan fingerprint density at radius 2 is 2.19 bits per heavy atom. The Hall–Kier alpha value is -1.53. The molecule has 0 spiro atoms. The van der Waals surface area contributed by atoms with Gasteiger partial charge in [0.2, 0.25) is 0 Å². The summed E-state index contributed by atoms with van der Waals surface area (Å²) in [6, 6.07) is 5.32. The number of benzene rings is 1. The zero-order valence-corrected chi connectivity index (χ0v) is 9.97. The van der Waals surface area contributed by atoms with Crippen molar-refractivity contribution in [3.63, 3.8) is 0 Å². The first-order valence-electron chi connectivity index (χ1n) is 5.04. The van der Waals surface area contributed by atoms with Crippen LogP contribution in [0.5, 0.6) is 0 Å². The van der Waals surface area contributed by atoms with Gasteiger partial charge in [0, 0.05) is 0 Å². The van der Waals surface area contributed by atoms with Gasteiger partial charge in [-0.15, -0.1) is 0 Å². The summed E-state index contributed by atoms with van der Waals surface area (Å²) in [5, 5.41) is 9.27. The lowest BCUT2D eigenvalue weighted by molar-refractivity contribution is 0.0525. The second-order valence-electron chi connectivity index (χ2n) is 3.14. The van der Waals surface area contributed by atoms with Crippen molar-refractivity contribution >= 4 is 17.6 Å². The van der Waals surface area contributed by atoms with E-state index in [0.29, 0.717) is 12.0 Å². The topological polar surface area (TPSA) is 50.1 Å². The smallest absolute Gasteiger partial charge is 0.339 e. The van der Waals surface area contributed by atoms with E-state index in [1.165, 1.54) is 0 Å². The van der Waals surface area contributed by atoms with Crippen LogP contribution in [-0.2, 0) is 11.2 Å². The van der Waals surface area contributed by atoms with Crippen LogP contribution in [0.25, 0.3) is 0 Å². The van der Waals surface area contributed by atoms with E-state index >= 15 is 0 Å². The fourth-order valence-electron chi connectivity index (χ4n) is 1.46. The van der Waals surface area contributed by atoms with E-state index in [9.17, 15) is 4.79 Å². The summed E-state index contributed by atoms with van der Waals surface area (Å²) in [5.41, 5.74) is 1.26. The van der Waals surface area contributed by atoms with Gasteiger partial charge in [0.15, 0.2) is 0 Å². The lowest BCUT2D eigenvalue weighted by atomic mass is 10.00. The van der Waals surface area contributed by atoms with Gasteiger partial charge in [-0.3, -0.25) is 0 Å². The standard InChI is InChI=1S/C12H12ClNO2/c1-3-8-5-6-10(13)9(7-14)11(8)12(15)16-4-2/h5-6H,3-4H2,1-2H3. The lowest BCUT2D eigenvalue weighted by Crippen LogP contribution is -2.10. The molecule has 0 aliphatic rings. The molecule has 0 saturated heterocycles. The molecule has 84 valence electrons. The van der Waals surface area contributed by atoms with Gasteiger partial charge in [-0.05, 0) is 25.0 Å². The van der Waals surface area contributed by atoms with Crippen molar-refractivity contribution < 1.29 is 9.53 Å². The minimum Gasteiger partial charge on any atom is -0.462 e. The number of ether oxygens (including phenoxy) is 1. The third-order valence-corrected chi connectivity index (χ3v) is 2.53. The van der Waals surface area contributed by atoms with Crippen LogP contribution in [0.2, 0.25) is 5.02 Å². The quantitative estimate of drug-likeness (QED) is 0.760. The number of rotatable bonds is 3. The molecule has 0 saturated carbocycles. The van der Waals surface area contributed by atoms with Crippen LogP contribution in [0.15, 0.2) is 12.1 Å². The largest absolute Gasteiger partial charge is 0.462 e. The van der Waals surface area contributed by atoms with Crippen LogP contribution < -0.4 is 0 Å². The molecule has 0 N–H and O–H groups in total. The van der Waals surface area contributed by atoms with Gasteiger partial charge < -0.3 is 4.74 Å². The van der Waals surface area contributed by atoms with Crippen molar-refractivity contribution in [3.8, 4) is 6.07 Å². The van der Waals surface area contributed by atoms with Crippen LogP contribution in [0.3, 0.4) is 0 Å². The molecule has 0 bridgehead atoms. The van der Waals surface area contributed by atoms with E-state index in [4.69, 9.17) is 21.6 Å². The molecule has 0 fully saturated rings. The van der Waals surface area contributed by atoms with E-state index in [1.807, 2.05) is 13.0 Å². The summed E-state index contributed by atoms with van der Waals surface area (Å²) in [4.78, 5) is 11.7. The predicted molar refractivity (Wildman–Crippen MR) is 61.5 cm³/mol. The van der Waals surface area contributed by atoms with E-state index in [2.05, 4.69) is 0 Å². The molecule has 16 heavy (non-hydrogen) atoms. The minimum atomic E-state index is -0.488. The van der Waals surface area contributed by atoms with Crippen LogP contribution in [0.1, 0.15) is 35.3 Å². The van der Waals surface area contributed by atoms with Gasteiger partial charge in [0.1, 0.15) is 6.07 Å². The number of carbonyl (C=O) groups is 1. The average Bonchev–Trinajstić information content (AvgIpc) is 2.28. The first kappa shape index (κ1) is 12.5. The third-order valence-electron chi connectivity index (χ3n) is 2.21. The monoisotopic (exact) mass is 237 g/mol. The fourth-order valence-corrected chi connectivity index (χ4v) is 1.66. The fraction of sp³-hybridized carbons (Fsp3) is 0.333. The Balaban J connectivity index is 3.37. The summed E-state index contributed by atoms with van der Waals surface area (Å²) in [6.07, 6.45) is 0.653. The summed E-state index contributed by atoms with van der Waals surface area (Å²) in [6.45, 7) is 3.91. The van der Waals surface area contributed by atoms with E-state index < -0.39 is 5.97 Å². The van der Waals surface area contributed by atoms with E-state index in [-0.39, 0.29) is 17.2 Å². The Morgan fingerprint density at radius 3 is 2.69 bits per heavy atom. The molecule has 1 aromatic carbocycles. The number of aryl methyl sites for hydroxylation is 1. The van der Waals surface area contributed by atoms with E-state index in [0.717, 1.165) is 5.56 Å². The third kappa shape index (κ3) is 2.34. The highest BCUT2D eigenvalue weighted by atomic mass is 35.5. The van der Waals surface area contributed by atoms with Crippen molar-refractivity contribution in [1.82, 2.24) is 0 Å². The van der Waals surface area contributed by atoms with Crippen molar-refractivity contribution in [3.05, 3.63) is 33.8 Å². The van der Waals surface area contributed by atoms with Gasteiger partial charge >= 0.3 is 5.97 Å². The molecular formula is C12H12ClNO2. The number of hydrogen-bond acceptors (Lipinski definition) is 3. The molecule has 0 heterocycles. The van der Waals surface area contributed by atoms with Crippen LogP contribution in [0.4, 0.5) is 0 Å². The molecule has 0 atom stereocenters. The number of nitrogens with zero attached hydrogens (tertiary/aromatic N) is 1. The van der Waals surface area contributed by atoms with Crippen molar-refractivity contribution in [2.45, 2.75) is 20.3 Å². The van der Waals surface area contributed by atoms with Gasteiger partial charge in [0.25, 0.3) is 0 Å². The zero-order chi connectivity index (χ0) is 12.1. The van der Waals surface area contributed by atoms with Crippen molar-refractivity contribution in [2.24, 2.45) is 0 Å². The van der Waals surface area contributed by atoms with Crippen molar-refractivity contribution in [1.29, 1.82) is 5.26 Å². The molecular weight excluding hydrogens is 226 g/mol. The number of carbonyl (C=O) groups excluding carboxylic acids is 1. The highest BCUT2D eigenvalue weighted by Crippen LogP contribution is 2.24. The summed E-state index contributed by atoms with van der Waals surface area (Å²) in [7, 11) is 0. The van der Waals surface area contributed by atoms with Gasteiger partial charge in [-0.2, -0.15) is 5.26 Å². The molecule has 0 unspecified atom stereocenters. The number of halogens is 1. The maximum atomic E-state index is 11.7. The number of nitriles is 1. The Bertz CT molecular complexity index is 449. The van der Waals surface area contributed by atoms with Crippen LogP contribution in [0, 0.1) is 11.3 Å². The predicted octanol–water partition coefficient (Wildman–Crippen LogP) is 2.95. The van der Waals surface area contributed by atoms with E-state index in [1.54, 1.807) is 19.1 Å². The van der Waals surface area contributed by atoms with Gasteiger partial charge in [-0.25, -0.2) is 4.79 Å². The second kappa shape index (κ2) is 5.53. The first-order chi connectivity index (χ1) is 7.65. The molecule has 0 radical (unpaired) electrons. The van der Waals surface area contributed by atoms with Gasteiger partial charge in [-0.1, -0.05) is 24.6 Å². The van der Waals surface area contributed by atoms with Crippen LogP contribution in [-0.4, -0.2) is 12.6 Å². The zero-order valence-electron chi connectivity index (χ0n) is 9.21. The molecule has 4 heteroatoms. The SMILES string of the molecule is CCOC(=O)c1c(CC)ccc(Cl)c1C#N. The number of esters is 1. The molecule has 0 aliphatic heterocycles. The number of hydrogen-bond donors (Lipinski definition) is 0. The lowest BCUT2D eigenvalue weighted by Gasteiger charge is -2.09. The highest BCUT2D eigenvalue weighted by molar-refractivity contribution is 6.32. The molecule has 3 nitrogen and oxygen atoms in total. The molecule has 0 aliphatic carbocycles. The van der Waals surface area contributed by atoms with Crippen LogP contribution >= 0.6 is 11.6 Å². The first-order valence-corrected chi connectivity index (χ1v) is 5.42. The minimum absolute atomic E-state index is 0.194. The molecule has 0 amide bonds. The highest BCUT2D eigenvalue weighted by Gasteiger charge is 2.19. The maximum absolute atomic E-state index is 11.7. The second-order valence-corrected chi connectivity index (χ2v) is 3.55. The summed E-state index contributed by atoms with van der Waals surface area (Å²) < 4.78 is 4.92. The summed E-state index contributed by atoms with van der Waals surface area (Å²) in [5.74, 6) is -0.488. The maximum Gasteiger partial charge on any atom is 0.339 e. The van der Waals surface area contributed by atoms with Crippen molar-refractivity contribution in [2.75, 3.05) is 6.61 Å². The molecule has 1 rings (SSSR count). The normalized spacial score (nSPS) is 9.62. The summed E-state index contributed by atoms with van der Waals surface area (Å²) >= 11 is 5.87. The molecule has 1 aromatic rings. The average molecular weight is 238 g/mol. The Kier molecular flexibility index (Phi) is 4.33.